The van der Waals surface area contributed by atoms with Crippen molar-refractivity contribution in [3.8, 4) is 5.69 Å². The number of alkyl halides is 3. The number of carbonyl (C=O) groups is 1. The third kappa shape index (κ3) is 6.68. The van der Waals surface area contributed by atoms with Crippen molar-refractivity contribution >= 4 is 11.8 Å². The average molecular weight is 522 g/mol. The zero-order valence-corrected chi connectivity index (χ0v) is 20.9. The number of benzene rings is 1. The Bertz CT molecular complexity index is 1140. The fraction of sp³-hybridized carbons (Fsp3) is 0.560. The van der Waals surface area contributed by atoms with Crippen LogP contribution in [-0.4, -0.2) is 70.2 Å². The first-order valence-corrected chi connectivity index (χ1v) is 12.7. The van der Waals surface area contributed by atoms with E-state index in [1.165, 1.54) is 24.4 Å². The Morgan fingerprint density at radius 1 is 1.19 bits per heavy atom. The summed E-state index contributed by atoms with van der Waals surface area (Å²) in [7, 11) is 0. The number of nitrogens with two attached hydrogens (primary N) is 1. The van der Waals surface area contributed by atoms with Crippen LogP contribution in [-0.2, 0) is 12.7 Å². The Hall–Kier alpha value is -2.96. The van der Waals surface area contributed by atoms with Crippen molar-refractivity contribution in [2.24, 2.45) is 5.73 Å². The highest BCUT2D eigenvalue weighted by molar-refractivity contribution is 5.88. The maximum absolute atomic E-state index is 14.1. The number of hydrogen-bond acceptors (Lipinski definition) is 6. The molecule has 2 aliphatic rings. The summed E-state index contributed by atoms with van der Waals surface area (Å²) < 4.78 is 43.3. The molecule has 202 valence electrons. The maximum Gasteiger partial charge on any atom is 0.416 e. The highest BCUT2D eigenvalue weighted by atomic mass is 19.4. The number of rotatable bonds is 6. The Balaban J connectivity index is 1.54. The summed E-state index contributed by atoms with van der Waals surface area (Å²) in [5.74, 6) is 0.0447. The van der Waals surface area contributed by atoms with Gasteiger partial charge in [-0.3, -0.25) is 14.8 Å². The summed E-state index contributed by atoms with van der Waals surface area (Å²) in [6.45, 7) is 5.14. The molecule has 12 heteroatoms. The van der Waals surface area contributed by atoms with Gasteiger partial charge in [0.1, 0.15) is 5.82 Å². The van der Waals surface area contributed by atoms with Crippen molar-refractivity contribution in [1.82, 2.24) is 24.7 Å². The highest BCUT2D eigenvalue weighted by Gasteiger charge is 2.35. The third-order valence-corrected chi connectivity index (χ3v) is 7.16. The number of hydrogen-bond donors (Lipinski definition) is 3. The SMILES string of the molecule is CCN(Cc1ccc(-n2ccc(NC(=O)N3CCNCC3)nc2=O)cc1C(F)(F)F)C1CCC(N)CC1. The Kier molecular flexibility index (Phi) is 8.50. The van der Waals surface area contributed by atoms with Gasteiger partial charge in [-0.05, 0) is 56.0 Å². The molecule has 1 aliphatic heterocycles. The number of piperazine rings is 1. The van der Waals surface area contributed by atoms with Gasteiger partial charge in [0.05, 0.1) is 11.3 Å². The highest BCUT2D eigenvalue weighted by Crippen LogP contribution is 2.35. The molecule has 0 radical (unpaired) electrons. The van der Waals surface area contributed by atoms with Crippen LogP contribution in [0.15, 0.2) is 35.3 Å². The van der Waals surface area contributed by atoms with Crippen molar-refractivity contribution < 1.29 is 18.0 Å². The number of halogens is 3. The van der Waals surface area contributed by atoms with Gasteiger partial charge in [-0.1, -0.05) is 13.0 Å². The quantitative estimate of drug-likeness (QED) is 0.540. The lowest BCUT2D eigenvalue weighted by atomic mass is 9.90. The summed E-state index contributed by atoms with van der Waals surface area (Å²) in [4.78, 5) is 32.6. The van der Waals surface area contributed by atoms with E-state index in [4.69, 9.17) is 5.73 Å². The predicted octanol–water partition coefficient (Wildman–Crippen LogP) is 2.78. The first-order valence-electron chi connectivity index (χ1n) is 12.7. The zero-order chi connectivity index (χ0) is 26.6. The summed E-state index contributed by atoms with van der Waals surface area (Å²) in [6, 6.07) is 5.29. The maximum atomic E-state index is 14.1. The van der Waals surface area contributed by atoms with Crippen molar-refractivity contribution in [3.05, 3.63) is 52.1 Å². The molecule has 1 saturated carbocycles. The molecule has 1 saturated heterocycles. The summed E-state index contributed by atoms with van der Waals surface area (Å²) in [5.41, 5.74) is 4.65. The number of amides is 2. The molecule has 4 rings (SSSR count). The second-order valence-corrected chi connectivity index (χ2v) is 9.60. The third-order valence-electron chi connectivity index (χ3n) is 7.16. The largest absolute Gasteiger partial charge is 0.416 e. The molecule has 37 heavy (non-hydrogen) atoms. The zero-order valence-electron chi connectivity index (χ0n) is 20.9. The van der Waals surface area contributed by atoms with E-state index in [-0.39, 0.29) is 41.7 Å². The predicted molar refractivity (Wildman–Crippen MR) is 135 cm³/mol. The number of aromatic nitrogens is 2. The molecule has 2 fully saturated rings. The molecule has 0 spiro atoms. The Morgan fingerprint density at radius 2 is 1.89 bits per heavy atom. The Morgan fingerprint density at radius 3 is 2.51 bits per heavy atom. The molecule has 9 nitrogen and oxygen atoms in total. The van der Waals surface area contributed by atoms with Crippen molar-refractivity contribution in [2.75, 3.05) is 38.0 Å². The minimum atomic E-state index is -4.59. The molecule has 1 aromatic carbocycles. The van der Waals surface area contributed by atoms with E-state index in [0.29, 0.717) is 32.7 Å². The van der Waals surface area contributed by atoms with Crippen molar-refractivity contribution in [3.63, 3.8) is 0 Å². The van der Waals surface area contributed by atoms with Gasteiger partial charge < -0.3 is 16.0 Å². The van der Waals surface area contributed by atoms with E-state index in [2.05, 4.69) is 20.5 Å². The molecule has 2 aromatic rings. The van der Waals surface area contributed by atoms with Crippen LogP contribution in [0, 0.1) is 0 Å². The number of carbonyl (C=O) groups excluding carboxylic acids is 1. The minimum absolute atomic E-state index is 0.0447. The molecule has 0 atom stereocenters. The molecule has 2 amide bonds. The number of anilines is 1. The van der Waals surface area contributed by atoms with E-state index in [0.717, 1.165) is 36.3 Å². The van der Waals surface area contributed by atoms with Crippen molar-refractivity contribution in [1.29, 1.82) is 0 Å². The summed E-state index contributed by atoms with van der Waals surface area (Å²) in [5, 5.41) is 5.72. The van der Waals surface area contributed by atoms with Gasteiger partial charge in [-0.2, -0.15) is 18.2 Å². The lowest BCUT2D eigenvalue weighted by Gasteiger charge is -2.36. The molecular formula is C25H34F3N7O2. The number of nitrogens with zero attached hydrogens (tertiary/aromatic N) is 4. The van der Waals surface area contributed by atoms with Crippen LogP contribution < -0.4 is 22.1 Å². The second kappa shape index (κ2) is 11.6. The van der Waals surface area contributed by atoms with E-state index in [1.807, 2.05) is 6.92 Å². The lowest BCUT2D eigenvalue weighted by molar-refractivity contribution is -0.138. The van der Waals surface area contributed by atoms with Crippen LogP contribution in [0.1, 0.15) is 43.7 Å². The van der Waals surface area contributed by atoms with Gasteiger partial charge in [-0.25, -0.2) is 9.59 Å². The average Bonchev–Trinajstić information content (AvgIpc) is 2.88. The van der Waals surface area contributed by atoms with Gasteiger partial charge in [0.2, 0.25) is 0 Å². The standard InChI is InChI=1S/C25H34F3N7O2/c1-2-33(19-7-4-18(29)5-8-19)16-17-3-6-20(15-21(17)25(26,27)28)35-12-9-22(32-24(35)37)31-23(36)34-13-10-30-11-14-34/h3,6,9,12,15,18-19,30H,2,4-5,7-8,10-11,13-14,16,29H2,1H3,(H,31,32,36,37). The van der Waals surface area contributed by atoms with Crippen LogP contribution in [0.4, 0.5) is 23.8 Å². The fourth-order valence-electron chi connectivity index (χ4n) is 5.03. The number of nitrogens with one attached hydrogen (secondary N) is 2. The second-order valence-electron chi connectivity index (χ2n) is 9.60. The summed E-state index contributed by atoms with van der Waals surface area (Å²) in [6.07, 6.45) is 0.206. The molecule has 4 N–H and O–H groups in total. The lowest BCUT2D eigenvalue weighted by Crippen LogP contribution is -2.48. The van der Waals surface area contributed by atoms with Gasteiger partial charge in [0, 0.05) is 51.0 Å². The number of urea groups is 1. The summed E-state index contributed by atoms with van der Waals surface area (Å²) >= 11 is 0. The van der Waals surface area contributed by atoms with Crippen molar-refractivity contribution in [2.45, 2.75) is 57.4 Å². The molecule has 0 unspecified atom stereocenters. The van der Waals surface area contributed by atoms with Gasteiger partial charge in [0.25, 0.3) is 0 Å². The normalized spacial score (nSPS) is 20.8. The van der Waals surface area contributed by atoms with Gasteiger partial charge in [0.15, 0.2) is 0 Å². The van der Waals surface area contributed by atoms with E-state index >= 15 is 0 Å². The topological polar surface area (TPSA) is 109 Å². The molecule has 0 bridgehead atoms. The first-order chi connectivity index (χ1) is 17.7. The van der Waals surface area contributed by atoms with E-state index in [1.54, 1.807) is 4.90 Å². The monoisotopic (exact) mass is 521 g/mol. The smallest absolute Gasteiger partial charge is 0.328 e. The fourth-order valence-corrected chi connectivity index (χ4v) is 5.03. The van der Waals surface area contributed by atoms with Crippen LogP contribution in [0.2, 0.25) is 0 Å². The van der Waals surface area contributed by atoms with Crippen LogP contribution in [0.3, 0.4) is 0 Å². The van der Waals surface area contributed by atoms with Crippen LogP contribution in [0.5, 0.6) is 0 Å². The first kappa shape index (κ1) is 27.1. The molecule has 1 aliphatic carbocycles. The van der Waals surface area contributed by atoms with Gasteiger partial charge in [-0.15, -0.1) is 0 Å². The Labute approximate surface area is 213 Å². The van der Waals surface area contributed by atoms with Gasteiger partial charge >= 0.3 is 17.9 Å². The van der Waals surface area contributed by atoms with E-state index in [9.17, 15) is 22.8 Å². The van der Waals surface area contributed by atoms with Crippen LogP contribution >= 0.6 is 0 Å². The van der Waals surface area contributed by atoms with E-state index < -0.39 is 17.4 Å². The molecular weight excluding hydrogens is 487 g/mol. The molecule has 1 aromatic heterocycles. The minimum Gasteiger partial charge on any atom is -0.328 e. The van der Waals surface area contributed by atoms with Crippen LogP contribution in [0.25, 0.3) is 5.69 Å². The molecule has 2 heterocycles.